The molecule has 3 aliphatic rings. The van der Waals surface area contributed by atoms with Gasteiger partial charge in [-0.15, -0.1) is 0 Å². The van der Waals surface area contributed by atoms with Crippen LogP contribution in [0.1, 0.15) is 72.6 Å². The van der Waals surface area contributed by atoms with E-state index in [1.807, 2.05) is 0 Å². The highest BCUT2D eigenvalue weighted by Crippen LogP contribution is 2.60. The number of carbonyl (C=O) groups excluding carboxylic acids is 2. The summed E-state index contributed by atoms with van der Waals surface area (Å²) in [6.07, 6.45) is 9.73. The molecule has 1 heterocycles. The molecule has 1 unspecified atom stereocenters. The number of cyclic esters (lactones) is 1. The first-order valence-electron chi connectivity index (χ1n) is 10.1. The summed E-state index contributed by atoms with van der Waals surface area (Å²) in [5.74, 6) is 1.64. The first kappa shape index (κ1) is 20.6. The van der Waals surface area contributed by atoms with E-state index in [0.29, 0.717) is 35.3 Å². The second kappa shape index (κ2) is 7.73. The van der Waals surface area contributed by atoms with Crippen LogP contribution in [0.4, 0.5) is 0 Å². The normalized spacial score (nSPS) is 38.3. The number of halogens is 1. The predicted octanol–water partition coefficient (Wildman–Crippen LogP) is 5.66. The molecule has 150 valence electrons. The molecule has 0 aromatic carbocycles. The molecule has 0 saturated heterocycles. The fourth-order valence-corrected chi connectivity index (χ4v) is 6.37. The second-order valence-electron chi connectivity index (χ2n) is 9.00. The van der Waals surface area contributed by atoms with E-state index in [9.17, 15) is 9.59 Å². The summed E-state index contributed by atoms with van der Waals surface area (Å²) in [4.78, 5) is 25.5. The number of rotatable bonds is 5. The van der Waals surface area contributed by atoms with Gasteiger partial charge >= 0.3 is 11.9 Å². The molecule has 0 N–H and O–H groups in total. The minimum Gasteiger partial charge on any atom is -0.443 e. The van der Waals surface area contributed by atoms with Crippen LogP contribution in [0.2, 0.25) is 0 Å². The monoisotopic (exact) mass is 438 g/mol. The van der Waals surface area contributed by atoms with Crippen molar-refractivity contribution in [1.82, 2.24) is 0 Å². The van der Waals surface area contributed by atoms with Gasteiger partial charge in [-0.3, -0.25) is 4.79 Å². The molecule has 27 heavy (non-hydrogen) atoms. The molecular weight excluding hydrogens is 408 g/mol. The zero-order valence-electron chi connectivity index (χ0n) is 16.8. The van der Waals surface area contributed by atoms with Crippen molar-refractivity contribution in [3.05, 3.63) is 22.4 Å². The number of esters is 2. The van der Waals surface area contributed by atoms with Crippen LogP contribution < -0.4 is 0 Å². The van der Waals surface area contributed by atoms with Crippen LogP contribution in [0, 0.1) is 23.2 Å². The first-order chi connectivity index (χ1) is 12.7. The van der Waals surface area contributed by atoms with Crippen molar-refractivity contribution in [1.29, 1.82) is 0 Å². The largest absolute Gasteiger partial charge is 0.443 e. The molecule has 5 atom stereocenters. The lowest BCUT2D eigenvalue weighted by atomic mass is 9.61. The Bertz CT molecular complexity index is 682. The lowest BCUT2D eigenvalue weighted by Gasteiger charge is -2.44. The fraction of sp³-hybridized carbons (Fsp3) is 0.727. The van der Waals surface area contributed by atoms with E-state index in [2.05, 4.69) is 34.8 Å². The van der Waals surface area contributed by atoms with Crippen LogP contribution >= 0.6 is 15.9 Å². The van der Waals surface area contributed by atoms with Crippen molar-refractivity contribution < 1.29 is 19.1 Å². The molecule has 0 amide bonds. The summed E-state index contributed by atoms with van der Waals surface area (Å²) in [6, 6.07) is 0. The molecule has 3 rings (SSSR count). The fourth-order valence-electron chi connectivity index (χ4n) is 5.83. The van der Waals surface area contributed by atoms with E-state index < -0.39 is 17.5 Å². The van der Waals surface area contributed by atoms with Gasteiger partial charge in [0.05, 0.1) is 0 Å². The number of hydrogen-bond acceptors (Lipinski definition) is 4. The van der Waals surface area contributed by atoms with Gasteiger partial charge in [0.25, 0.3) is 0 Å². The van der Waals surface area contributed by atoms with Crippen molar-refractivity contribution in [2.75, 3.05) is 0 Å². The number of ether oxygens (including phenoxy) is 2. The minimum atomic E-state index is -1.27. The Hall–Kier alpha value is -1.10. The van der Waals surface area contributed by atoms with E-state index in [1.54, 1.807) is 18.6 Å². The second-order valence-corrected chi connectivity index (χ2v) is 9.45. The molecule has 0 radical (unpaired) electrons. The molecule has 5 heteroatoms. The Morgan fingerprint density at radius 3 is 2.85 bits per heavy atom. The summed E-state index contributed by atoms with van der Waals surface area (Å²) in [7, 11) is 0. The zero-order valence-corrected chi connectivity index (χ0v) is 18.4. The van der Waals surface area contributed by atoms with E-state index in [-0.39, 0.29) is 0 Å². The third-order valence-electron chi connectivity index (χ3n) is 7.13. The number of hydrogen-bond donors (Lipinski definition) is 0. The van der Waals surface area contributed by atoms with Gasteiger partial charge in [0.15, 0.2) is 0 Å². The topological polar surface area (TPSA) is 52.6 Å². The molecule has 0 spiro atoms. The average Bonchev–Trinajstić information content (AvgIpc) is 3.08. The summed E-state index contributed by atoms with van der Waals surface area (Å²) in [5, 5.41) is 0. The smallest absolute Gasteiger partial charge is 0.359 e. The molecule has 2 saturated carbocycles. The number of fused-ring (bicyclic) bond motifs is 1. The Balaban J connectivity index is 1.63. The summed E-state index contributed by atoms with van der Waals surface area (Å²) in [6.45, 7) is 7.72. The standard InChI is InChI=1S/C22H31BrO4/c1-14(7-8-17-12-22(4,20(25)26-17)27-15(2)24)18-9-10-19-16(13-23)6-5-11-21(18,19)3/h12-14,18-19H,5-11H2,1-4H3/t14-,18-,19?,21-,22-/m1/s1. The third kappa shape index (κ3) is 3.90. The highest BCUT2D eigenvalue weighted by Gasteiger charge is 2.50. The van der Waals surface area contributed by atoms with Gasteiger partial charge in [0.2, 0.25) is 5.60 Å². The third-order valence-corrected chi connectivity index (χ3v) is 7.72. The van der Waals surface area contributed by atoms with Gasteiger partial charge in [-0.05, 0) is 73.6 Å². The molecule has 0 bridgehead atoms. The van der Waals surface area contributed by atoms with Crippen molar-refractivity contribution in [3.8, 4) is 0 Å². The lowest BCUT2D eigenvalue weighted by molar-refractivity contribution is -0.167. The maximum absolute atomic E-state index is 12.1. The molecule has 4 nitrogen and oxygen atoms in total. The van der Waals surface area contributed by atoms with E-state index in [1.165, 1.54) is 39.0 Å². The zero-order chi connectivity index (χ0) is 19.8. The van der Waals surface area contributed by atoms with Crippen LogP contribution in [-0.2, 0) is 19.1 Å². The minimum absolute atomic E-state index is 0.379. The van der Waals surface area contributed by atoms with Crippen LogP contribution in [0.3, 0.4) is 0 Å². The van der Waals surface area contributed by atoms with Crippen molar-refractivity contribution >= 4 is 27.9 Å². The highest BCUT2D eigenvalue weighted by molar-refractivity contribution is 9.11. The summed E-state index contributed by atoms with van der Waals surface area (Å²) in [5.41, 5.74) is 0.695. The van der Waals surface area contributed by atoms with Gasteiger partial charge in [-0.2, -0.15) is 0 Å². The molecule has 0 aromatic heterocycles. The summed E-state index contributed by atoms with van der Waals surface area (Å²) < 4.78 is 10.5. The molecular formula is C22H31BrO4. The van der Waals surface area contributed by atoms with Crippen LogP contribution in [0.15, 0.2) is 22.4 Å². The highest BCUT2D eigenvalue weighted by atomic mass is 79.9. The lowest BCUT2D eigenvalue weighted by Crippen LogP contribution is -2.35. The molecule has 0 aromatic rings. The van der Waals surface area contributed by atoms with Crippen LogP contribution in [0.25, 0.3) is 0 Å². The van der Waals surface area contributed by atoms with Crippen molar-refractivity contribution in [3.63, 3.8) is 0 Å². The van der Waals surface area contributed by atoms with E-state index in [4.69, 9.17) is 9.47 Å². The Morgan fingerprint density at radius 2 is 2.19 bits per heavy atom. The Kier molecular flexibility index (Phi) is 5.90. The quantitative estimate of drug-likeness (QED) is 0.519. The van der Waals surface area contributed by atoms with E-state index >= 15 is 0 Å². The number of carbonyl (C=O) groups is 2. The van der Waals surface area contributed by atoms with E-state index in [0.717, 1.165) is 6.42 Å². The van der Waals surface area contributed by atoms with Crippen molar-refractivity contribution in [2.45, 2.75) is 78.2 Å². The SMILES string of the molecule is CC(=O)O[C@]1(C)C=C(CC[C@@H](C)[C@H]2CCC3C(=CBr)CCC[C@@]32C)OC1=O. The van der Waals surface area contributed by atoms with Gasteiger partial charge < -0.3 is 9.47 Å². The van der Waals surface area contributed by atoms with Crippen LogP contribution in [0.5, 0.6) is 0 Å². The van der Waals surface area contributed by atoms with Gasteiger partial charge in [-0.1, -0.05) is 35.4 Å². The average molecular weight is 439 g/mol. The maximum Gasteiger partial charge on any atom is 0.359 e. The van der Waals surface area contributed by atoms with Crippen LogP contribution in [-0.4, -0.2) is 17.5 Å². The molecule has 2 aliphatic carbocycles. The Morgan fingerprint density at radius 1 is 1.44 bits per heavy atom. The van der Waals surface area contributed by atoms with Crippen molar-refractivity contribution in [2.24, 2.45) is 23.2 Å². The maximum atomic E-state index is 12.1. The first-order valence-corrected chi connectivity index (χ1v) is 11.0. The predicted molar refractivity (Wildman–Crippen MR) is 108 cm³/mol. The number of allylic oxidation sites excluding steroid dienone is 2. The van der Waals surface area contributed by atoms with Gasteiger partial charge in [0, 0.05) is 19.4 Å². The summed E-state index contributed by atoms with van der Waals surface area (Å²) >= 11 is 3.58. The molecule has 1 aliphatic heterocycles. The molecule has 2 fully saturated rings. The van der Waals surface area contributed by atoms with Gasteiger partial charge in [-0.25, -0.2) is 4.79 Å². The van der Waals surface area contributed by atoms with Gasteiger partial charge in [0.1, 0.15) is 5.76 Å². The Labute approximate surface area is 170 Å².